The van der Waals surface area contributed by atoms with Gasteiger partial charge in [0.05, 0.1) is 21.8 Å². The van der Waals surface area contributed by atoms with E-state index in [0.29, 0.717) is 21.5 Å². The van der Waals surface area contributed by atoms with Gasteiger partial charge in [-0.25, -0.2) is 0 Å². The van der Waals surface area contributed by atoms with Crippen molar-refractivity contribution >= 4 is 21.6 Å². The second-order valence-corrected chi connectivity index (χ2v) is 3.91. The molecule has 0 heterocycles. The molecule has 4 heteroatoms. The molecule has 0 radical (unpaired) electrons. The summed E-state index contributed by atoms with van der Waals surface area (Å²) in [6, 6.07) is 5.44. The van der Waals surface area contributed by atoms with Crippen molar-refractivity contribution in [3.63, 3.8) is 0 Å². The molecule has 0 aliphatic rings. The first-order valence-electron chi connectivity index (χ1n) is 4.21. The molecule has 14 heavy (non-hydrogen) atoms. The van der Waals surface area contributed by atoms with E-state index in [0.717, 1.165) is 0 Å². The molecular weight excluding hydrogens is 244 g/mol. The number of hydrogen-bond donors (Lipinski definition) is 1. The molecule has 0 amide bonds. The topological polar surface area (TPSA) is 59.0 Å². The van der Waals surface area contributed by atoms with Crippen LogP contribution >= 0.6 is 15.9 Å². The quantitative estimate of drug-likeness (QED) is 0.826. The summed E-state index contributed by atoms with van der Waals surface area (Å²) in [5, 5.41) is 8.84. The Hall–Kier alpha value is -1.21. The van der Waals surface area contributed by atoms with Gasteiger partial charge in [0.25, 0.3) is 0 Å². The summed E-state index contributed by atoms with van der Waals surface area (Å²) in [6.45, 7) is 3.85. The molecule has 0 saturated heterocycles. The summed E-state index contributed by atoms with van der Waals surface area (Å²) in [7, 11) is 0. The fourth-order valence-corrected chi connectivity index (χ4v) is 1.57. The van der Waals surface area contributed by atoms with Gasteiger partial charge in [-0.05, 0) is 41.9 Å². The minimum atomic E-state index is 0.0708. The lowest BCUT2D eigenvalue weighted by molar-refractivity contribution is 0.241. The van der Waals surface area contributed by atoms with Crippen molar-refractivity contribution in [2.24, 2.45) is 0 Å². The van der Waals surface area contributed by atoms with Crippen molar-refractivity contribution in [1.29, 1.82) is 5.26 Å². The van der Waals surface area contributed by atoms with Crippen molar-refractivity contribution in [2.75, 3.05) is 5.73 Å². The predicted octanol–water partition coefficient (Wildman–Crippen LogP) is 2.69. The van der Waals surface area contributed by atoms with Gasteiger partial charge in [0.2, 0.25) is 0 Å². The third-order valence-electron chi connectivity index (χ3n) is 1.61. The van der Waals surface area contributed by atoms with Crippen LogP contribution in [0.1, 0.15) is 19.4 Å². The SMILES string of the molecule is CC(C)Oc1ccc(N)c(C#N)c1Br. The number of anilines is 1. The Morgan fingerprint density at radius 1 is 1.50 bits per heavy atom. The standard InChI is InChI=1S/C10H11BrN2O/c1-6(2)14-9-4-3-8(13)7(5-12)10(9)11/h3-4,6H,13H2,1-2H3. The molecule has 3 nitrogen and oxygen atoms in total. The van der Waals surface area contributed by atoms with Crippen LogP contribution in [-0.4, -0.2) is 6.10 Å². The molecule has 1 rings (SSSR count). The summed E-state index contributed by atoms with van der Waals surface area (Å²) in [5.74, 6) is 0.644. The van der Waals surface area contributed by atoms with Crippen LogP contribution in [0.25, 0.3) is 0 Å². The molecule has 0 spiro atoms. The first-order chi connectivity index (χ1) is 6.56. The smallest absolute Gasteiger partial charge is 0.135 e. The fourth-order valence-electron chi connectivity index (χ4n) is 1.03. The molecule has 1 aromatic carbocycles. The number of ether oxygens (including phenoxy) is 1. The van der Waals surface area contributed by atoms with Crippen LogP contribution in [0.15, 0.2) is 16.6 Å². The normalized spacial score (nSPS) is 9.93. The van der Waals surface area contributed by atoms with Crippen molar-refractivity contribution in [3.05, 3.63) is 22.2 Å². The zero-order valence-electron chi connectivity index (χ0n) is 8.04. The number of nitrogens with zero attached hydrogens (tertiary/aromatic N) is 1. The lowest BCUT2D eigenvalue weighted by Crippen LogP contribution is -2.06. The van der Waals surface area contributed by atoms with Crippen molar-refractivity contribution in [1.82, 2.24) is 0 Å². The van der Waals surface area contributed by atoms with Gasteiger partial charge in [0.15, 0.2) is 0 Å². The van der Waals surface area contributed by atoms with Crippen LogP contribution in [0.3, 0.4) is 0 Å². The Kier molecular flexibility index (Phi) is 3.37. The number of nitrogen functional groups attached to an aromatic ring is 1. The van der Waals surface area contributed by atoms with E-state index in [9.17, 15) is 0 Å². The van der Waals surface area contributed by atoms with Gasteiger partial charge in [-0.15, -0.1) is 0 Å². The molecule has 0 saturated carbocycles. The zero-order valence-corrected chi connectivity index (χ0v) is 9.63. The minimum Gasteiger partial charge on any atom is -0.490 e. The molecule has 0 aliphatic heterocycles. The largest absolute Gasteiger partial charge is 0.490 e. The first kappa shape index (κ1) is 10.9. The lowest BCUT2D eigenvalue weighted by atomic mass is 10.2. The van der Waals surface area contributed by atoms with Gasteiger partial charge in [0.1, 0.15) is 11.8 Å². The Morgan fingerprint density at radius 3 is 2.64 bits per heavy atom. The third-order valence-corrected chi connectivity index (χ3v) is 2.40. The maximum Gasteiger partial charge on any atom is 0.135 e. The molecule has 0 atom stereocenters. The average Bonchev–Trinajstić information content (AvgIpc) is 2.10. The molecule has 0 unspecified atom stereocenters. The Balaban J connectivity index is 3.16. The van der Waals surface area contributed by atoms with Crippen LogP contribution in [0, 0.1) is 11.3 Å². The molecule has 74 valence electrons. The Labute approximate surface area is 91.6 Å². The second-order valence-electron chi connectivity index (χ2n) is 3.12. The Morgan fingerprint density at radius 2 is 2.14 bits per heavy atom. The van der Waals surface area contributed by atoms with E-state index in [1.807, 2.05) is 19.9 Å². The monoisotopic (exact) mass is 254 g/mol. The molecule has 0 bridgehead atoms. The molecular formula is C10H11BrN2O. The highest BCUT2D eigenvalue weighted by Gasteiger charge is 2.10. The Bertz CT molecular complexity index is 382. The van der Waals surface area contributed by atoms with Gasteiger partial charge in [-0.2, -0.15) is 5.26 Å². The zero-order chi connectivity index (χ0) is 10.7. The van der Waals surface area contributed by atoms with Gasteiger partial charge < -0.3 is 10.5 Å². The molecule has 1 aromatic rings. The van der Waals surface area contributed by atoms with Crippen LogP contribution in [0.5, 0.6) is 5.75 Å². The number of nitrogens with two attached hydrogens (primary N) is 1. The second kappa shape index (κ2) is 4.34. The van der Waals surface area contributed by atoms with Crippen LogP contribution in [0.4, 0.5) is 5.69 Å². The molecule has 0 aliphatic carbocycles. The summed E-state index contributed by atoms with van der Waals surface area (Å²) in [6.07, 6.45) is 0.0708. The minimum absolute atomic E-state index is 0.0708. The summed E-state index contributed by atoms with van der Waals surface area (Å²) in [4.78, 5) is 0. The highest BCUT2D eigenvalue weighted by atomic mass is 79.9. The predicted molar refractivity (Wildman–Crippen MR) is 59.0 cm³/mol. The van der Waals surface area contributed by atoms with E-state index in [2.05, 4.69) is 15.9 Å². The highest BCUT2D eigenvalue weighted by Crippen LogP contribution is 2.32. The van der Waals surface area contributed by atoms with Crippen molar-refractivity contribution in [2.45, 2.75) is 20.0 Å². The summed E-state index contributed by atoms with van der Waals surface area (Å²) >= 11 is 3.29. The average molecular weight is 255 g/mol. The number of hydrogen-bond acceptors (Lipinski definition) is 3. The molecule has 0 aromatic heterocycles. The van der Waals surface area contributed by atoms with E-state index in [4.69, 9.17) is 15.7 Å². The summed E-state index contributed by atoms with van der Waals surface area (Å²) < 4.78 is 6.11. The van der Waals surface area contributed by atoms with Crippen LogP contribution in [0.2, 0.25) is 0 Å². The number of nitriles is 1. The van der Waals surface area contributed by atoms with E-state index in [1.54, 1.807) is 12.1 Å². The van der Waals surface area contributed by atoms with Crippen LogP contribution < -0.4 is 10.5 Å². The maximum absolute atomic E-state index is 8.84. The van der Waals surface area contributed by atoms with Crippen molar-refractivity contribution in [3.8, 4) is 11.8 Å². The van der Waals surface area contributed by atoms with Gasteiger partial charge >= 0.3 is 0 Å². The van der Waals surface area contributed by atoms with E-state index in [-0.39, 0.29) is 6.10 Å². The summed E-state index contributed by atoms with van der Waals surface area (Å²) in [5.41, 5.74) is 6.50. The number of rotatable bonds is 2. The van der Waals surface area contributed by atoms with Gasteiger partial charge in [-0.3, -0.25) is 0 Å². The maximum atomic E-state index is 8.84. The van der Waals surface area contributed by atoms with Crippen LogP contribution in [-0.2, 0) is 0 Å². The highest BCUT2D eigenvalue weighted by molar-refractivity contribution is 9.10. The molecule has 0 fully saturated rings. The number of benzene rings is 1. The van der Waals surface area contributed by atoms with Gasteiger partial charge in [-0.1, -0.05) is 0 Å². The fraction of sp³-hybridized carbons (Fsp3) is 0.300. The van der Waals surface area contributed by atoms with Gasteiger partial charge in [0, 0.05) is 0 Å². The third kappa shape index (κ3) is 2.18. The first-order valence-corrected chi connectivity index (χ1v) is 5.00. The van der Waals surface area contributed by atoms with E-state index in [1.165, 1.54) is 0 Å². The molecule has 2 N–H and O–H groups in total. The van der Waals surface area contributed by atoms with E-state index < -0.39 is 0 Å². The van der Waals surface area contributed by atoms with E-state index >= 15 is 0 Å². The lowest BCUT2D eigenvalue weighted by Gasteiger charge is -2.12. The van der Waals surface area contributed by atoms with Crippen molar-refractivity contribution < 1.29 is 4.74 Å². The number of halogens is 1.